The van der Waals surface area contributed by atoms with E-state index in [1.165, 1.54) is 0 Å². The normalized spacial score (nSPS) is 12.4. The van der Waals surface area contributed by atoms with E-state index in [1.807, 2.05) is 58.2 Å². The summed E-state index contributed by atoms with van der Waals surface area (Å²) in [6.07, 6.45) is 1.83. The maximum atomic E-state index is 5.99. The number of aromatic nitrogens is 1. The molecule has 0 spiro atoms. The smallest absolute Gasteiger partial charge is 0.191 e. The Morgan fingerprint density at radius 2 is 1.89 bits per heavy atom. The number of guanidine groups is 1. The summed E-state index contributed by atoms with van der Waals surface area (Å²) in [4.78, 5) is 8.77. The van der Waals surface area contributed by atoms with Crippen LogP contribution in [0.25, 0.3) is 0 Å². The molecule has 1 aromatic carbocycles. The molecule has 0 bridgehead atoms. The van der Waals surface area contributed by atoms with Crippen molar-refractivity contribution < 1.29 is 9.47 Å². The summed E-state index contributed by atoms with van der Waals surface area (Å²) in [5.41, 5.74) is 4.13. The van der Waals surface area contributed by atoms with Crippen LogP contribution in [0.15, 0.2) is 35.5 Å². The molecule has 146 valence electrons. The Kier molecular flexibility index (Phi) is 7.46. The van der Waals surface area contributed by atoms with Crippen LogP contribution in [-0.2, 0) is 6.54 Å². The summed E-state index contributed by atoms with van der Waals surface area (Å²) in [7, 11) is 3.43. The fourth-order valence-electron chi connectivity index (χ4n) is 2.82. The van der Waals surface area contributed by atoms with Crippen molar-refractivity contribution in [3.8, 4) is 11.5 Å². The molecule has 0 amide bonds. The van der Waals surface area contributed by atoms with Gasteiger partial charge in [-0.1, -0.05) is 18.2 Å². The molecule has 2 aromatic rings. The maximum Gasteiger partial charge on any atom is 0.191 e. The molecule has 1 aromatic heterocycles. The lowest BCUT2D eigenvalue weighted by molar-refractivity contribution is 0.222. The Bertz CT molecular complexity index is 790. The van der Waals surface area contributed by atoms with Crippen LogP contribution in [0.2, 0.25) is 0 Å². The first-order valence-corrected chi connectivity index (χ1v) is 9.12. The molecule has 0 fully saturated rings. The Labute approximate surface area is 162 Å². The van der Waals surface area contributed by atoms with Gasteiger partial charge in [-0.15, -0.1) is 0 Å². The van der Waals surface area contributed by atoms with Crippen LogP contribution >= 0.6 is 0 Å². The van der Waals surface area contributed by atoms with Gasteiger partial charge in [-0.2, -0.15) is 0 Å². The zero-order chi connectivity index (χ0) is 19.8. The van der Waals surface area contributed by atoms with E-state index in [0.29, 0.717) is 19.0 Å². The van der Waals surface area contributed by atoms with Crippen molar-refractivity contribution in [3.05, 3.63) is 52.8 Å². The van der Waals surface area contributed by atoms with Crippen LogP contribution in [0.4, 0.5) is 0 Å². The third kappa shape index (κ3) is 5.61. The second-order valence-corrected chi connectivity index (χ2v) is 6.55. The minimum absolute atomic E-state index is 0.00369. The van der Waals surface area contributed by atoms with Gasteiger partial charge in [0.05, 0.1) is 25.9 Å². The van der Waals surface area contributed by atoms with Crippen molar-refractivity contribution in [1.82, 2.24) is 15.6 Å². The number of rotatable bonds is 7. The first-order valence-electron chi connectivity index (χ1n) is 9.12. The highest BCUT2D eigenvalue weighted by molar-refractivity contribution is 5.79. The highest BCUT2D eigenvalue weighted by Gasteiger charge is 2.11. The van der Waals surface area contributed by atoms with E-state index in [-0.39, 0.29) is 6.10 Å². The number of methoxy groups -OCH3 is 1. The average Bonchev–Trinajstić information content (AvgIpc) is 2.65. The van der Waals surface area contributed by atoms with Crippen LogP contribution in [0, 0.1) is 20.8 Å². The van der Waals surface area contributed by atoms with Crippen molar-refractivity contribution in [2.24, 2.45) is 4.99 Å². The van der Waals surface area contributed by atoms with E-state index in [0.717, 1.165) is 33.9 Å². The molecule has 6 nitrogen and oxygen atoms in total. The molecule has 1 atom stereocenters. The lowest BCUT2D eigenvalue weighted by atomic mass is 10.1. The van der Waals surface area contributed by atoms with Gasteiger partial charge in [0.15, 0.2) is 5.96 Å². The number of hydrogen-bond acceptors (Lipinski definition) is 4. The third-order valence-electron chi connectivity index (χ3n) is 4.38. The largest absolute Gasteiger partial charge is 0.496 e. The fourth-order valence-corrected chi connectivity index (χ4v) is 2.82. The molecule has 6 heteroatoms. The number of para-hydroxylation sites is 1. The fraction of sp³-hybridized carbons (Fsp3) is 0.429. The quantitative estimate of drug-likeness (QED) is 0.579. The topological polar surface area (TPSA) is 67.8 Å². The summed E-state index contributed by atoms with van der Waals surface area (Å²) >= 11 is 0. The Morgan fingerprint density at radius 1 is 1.15 bits per heavy atom. The summed E-state index contributed by atoms with van der Waals surface area (Å²) in [6, 6.07) is 8.01. The summed E-state index contributed by atoms with van der Waals surface area (Å²) < 4.78 is 11.5. The van der Waals surface area contributed by atoms with Gasteiger partial charge >= 0.3 is 0 Å². The van der Waals surface area contributed by atoms with Crippen molar-refractivity contribution in [2.45, 2.75) is 40.3 Å². The minimum Gasteiger partial charge on any atom is -0.496 e. The molecule has 0 radical (unpaired) electrons. The maximum absolute atomic E-state index is 5.99. The van der Waals surface area contributed by atoms with E-state index in [4.69, 9.17) is 9.47 Å². The van der Waals surface area contributed by atoms with Crippen molar-refractivity contribution in [2.75, 3.05) is 20.7 Å². The Morgan fingerprint density at radius 3 is 2.56 bits per heavy atom. The summed E-state index contributed by atoms with van der Waals surface area (Å²) in [5.74, 6) is 2.49. The predicted molar refractivity (Wildman–Crippen MR) is 110 cm³/mol. The molecule has 2 N–H and O–H groups in total. The van der Waals surface area contributed by atoms with Crippen LogP contribution in [0.1, 0.15) is 29.3 Å². The average molecular weight is 370 g/mol. The predicted octanol–water partition coefficient (Wildman–Crippen LogP) is 3.15. The molecular formula is C21H30N4O2. The van der Waals surface area contributed by atoms with E-state index in [9.17, 15) is 0 Å². The van der Waals surface area contributed by atoms with Crippen LogP contribution in [0.5, 0.6) is 11.5 Å². The second kappa shape index (κ2) is 9.80. The highest BCUT2D eigenvalue weighted by atomic mass is 16.5. The van der Waals surface area contributed by atoms with E-state index in [1.54, 1.807) is 14.2 Å². The molecule has 0 aliphatic rings. The molecule has 0 aliphatic heterocycles. The number of benzene rings is 1. The van der Waals surface area contributed by atoms with Crippen LogP contribution in [-0.4, -0.2) is 37.7 Å². The lowest BCUT2D eigenvalue weighted by Crippen LogP contribution is -2.41. The first-order chi connectivity index (χ1) is 13.0. The lowest BCUT2D eigenvalue weighted by Gasteiger charge is -2.19. The Hall–Kier alpha value is -2.76. The number of ether oxygens (including phenoxy) is 2. The zero-order valence-corrected chi connectivity index (χ0v) is 17.1. The van der Waals surface area contributed by atoms with Crippen molar-refractivity contribution in [1.29, 1.82) is 0 Å². The molecule has 1 heterocycles. The van der Waals surface area contributed by atoms with Crippen molar-refractivity contribution in [3.63, 3.8) is 0 Å². The number of hydrogen-bond donors (Lipinski definition) is 2. The van der Waals surface area contributed by atoms with Gasteiger partial charge in [0.1, 0.15) is 17.6 Å². The van der Waals surface area contributed by atoms with Crippen LogP contribution in [0.3, 0.4) is 0 Å². The number of aliphatic imine (C=N–C) groups is 1. The molecular weight excluding hydrogens is 340 g/mol. The number of aryl methyl sites for hydroxylation is 2. The molecule has 0 saturated carbocycles. The third-order valence-corrected chi connectivity index (χ3v) is 4.38. The minimum atomic E-state index is 0.00369. The van der Waals surface area contributed by atoms with Gasteiger partial charge in [0.25, 0.3) is 0 Å². The van der Waals surface area contributed by atoms with E-state index < -0.39 is 0 Å². The van der Waals surface area contributed by atoms with Gasteiger partial charge < -0.3 is 20.1 Å². The van der Waals surface area contributed by atoms with Crippen molar-refractivity contribution >= 4 is 5.96 Å². The zero-order valence-electron chi connectivity index (χ0n) is 17.1. The Balaban J connectivity index is 1.88. The first kappa shape index (κ1) is 20.6. The van der Waals surface area contributed by atoms with Gasteiger partial charge in [-0.05, 0) is 39.3 Å². The number of nitrogens with one attached hydrogen (secondary N) is 2. The monoisotopic (exact) mass is 370 g/mol. The van der Waals surface area contributed by atoms with E-state index >= 15 is 0 Å². The number of pyridine rings is 1. The van der Waals surface area contributed by atoms with Gasteiger partial charge in [0.2, 0.25) is 0 Å². The molecule has 1 unspecified atom stereocenters. The molecule has 2 rings (SSSR count). The van der Waals surface area contributed by atoms with Gasteiger partial charge in [-0.3, -0.25) is 9.98 Å². The van der Waals surface area contributed by atoms with Crippen LogP contribution < -0.4 is 20.1 Å². The summed E-state index contributed by atoms with van der Waals surface area (Å²) in [6.45, 7) is 9.29. The molecule has 0 aliphatic carbocycles. The SMILES string of the molecule is CN=C(NCc1ncc(C)c(OC)c1C)NCC(C)Oc1ccccc1C. The second-order valence-electron chi connectivity index (χ2n) is 6.55. The molecule has 0 saturated heterocycles. The summed E-state index contributed by atoms with van der Waals surface area (Å²) in [5, 5.41) is 6.59. The highest BCUT2D eigenvalue weighted by Crippen LogP contribution is 2.23. The standard InChI is InChI=1S/C21H30N4O2/c1-14-9-7-8-10-19(14)27-16(3)12-24-21(22-5)25-13-18-17(4)20(26-6)15(2)11-23-18/h7-11,16H,12-13H2,1-6H3,(H2,22,24,25). The van der Waals surface area contributed by atoms with Gasteiger partial charge in [-0.25, -0.2) is 0 Å². The number of nitrogens with zero attached hydrogens (tertiary/aromatic N) is 2. The van der Waals surface area contributed by atoms with E-state index in [2.05, 4.69) is 20.6 Å². The van der Waals surface area contributed by atoms with Gasteiger partial charge in [0, 0.05) is 24.4 Å². The molecule has 27 heavy (non-hydrogen) atoms.